The monoisotopic (exact) mass is 542 g/mol. The van der Waals surface area contributed by atoms with Crippen LogP contribution in [0.25, 0.3) is 0 Å². The summed E-state index contributed by atoms with van der Waals surface area (Å²) in [6.07, 6.45) is 1.08. The predicted octanol–water partition coefficient (Wildman–Crippen LogP) is 5.94. The number of methoxy groups -OCH3 is 1. The fourth-order valence-corrected chi connectivity index (χ4v) is 4.27. The first-order valence-corrected chi connectivity index (χ1v) is 12.9. The number of ether oxygens (including phenoxy) is 2. The third-order valence-corrected chi connectivity index (χ3v) is 6.79. The van der Waals surface area contributed by atoms with Gasteiger partial charge < -0.3 is 19.7 Å². The van der Waals surface area contributed by atoms with Crippen molar-refractivity contribution in [3.05, 3.63) is 94.0 Å². The highest BCUT2D eigenvalue weighted by Crippen LogP contribution is 2.27. The molecule has 196 valence electrons. The first-order valence-electron chi connectivity index (χ1n) is 12.2. The summed E-state index contributed by atoms with van der Waals surface area (Å²) in [7, 11) is 1.58. The SMILES string of the molecule is CC[C@H](C)NC(=O)[C@@H](Cc1ccccc1)N(Cc1c(Cl)cccc1Cl)C(=O)COc1ccc(OC)cc1. The van der Waals surface area contributed by atoms with Crippen LogP contribution < -0.4 is 14.8 Å². The maximum atomic E-state index is 13.7. The van der Waals surface area contributed by atoms with Gasteiger partial charge in [0.15, 0.2) is 6.61 Å². The number of nitrogens with zero attached hydrogens (tertiary/aromatic N) is 1. The Kier molecular flexibility index (Phi) is 10.7. The number of hydrogen-bond acceptors (Lipinski definition) is 4. The summed E-state index contributed by atoms with van der Waals surface area (Å²) in [6, 6.07) is 20.8. The van der Waals surface area contributed by atoms with Gasteiger partial charge in [-0.2, -0.15) is 0 Å². The Morgan fingerprint density at radius 2 is 1.54 bits per heavy atom. The van der Waals surface area contributed by atoms with Crippen LogP contribution in [0.2, 0.25) is 10.0 Å². The van der Waals surface area contributed by atoms with Crippen molar-refractivity contribution in [2.24, 2.45) is 0 Å². The normalized spacial score (nSPS) is 12.4. The molecule has 0 bridgehead atoms. The molecule has 0 aliphatic rings. The summed E-state index contributed by atoms with van der Waals surface area (Å²) in [5.74, 6) is 0.568. The molecular formula is C29H32Cl2N2O4. The van der Waals surface area contributed by atoms with E-state index in [4.69, 9.17) is 32.7 Å². The van der Waals surface area contributed by atoms with E-state index < -0.39 is 6.04 Å². The van der Waals surface area contributed by atoms with Crippen LogP contribution in [-0.4, -0.2) is 42.5 Å². The smallest absolute Gasteiger partial charge is 0.261 e. The van der Waals surface area contributed by atoms with Crippen LogP contribution in [0, 0.1) is 0 Å². The third kappa shape index (κ3) is 8.14. The highest BCUT2D eigenvalue weighted by atomic mass is 35.5. The lowest BCUT2D eigenvalue weighted by molar-refractivity contribution is -0.143. The van der Waals surface area contributed by atoms with E-state index in [-0.39, 0.29) is 31.0 Å². The number of rotatable bonds is 12. The number of carbonyl (C=O) groups excluding carboxylic acids is 2. The zero-order valence-corrected chi connectivity index (χ0v) is 22.8. The first-order chi connectivity index (χ1) is 17.8. The summed E-state index contributed by atoms with van der Waals surface area (Å²) < 4.78 is 11.0. The summed E-state index contributed by atoms with van der Waals surface area (Å²) >= 11 is 12.9. The fraction of sp³-hybridized carbons (Fsp3) is 0.310. The topological polar surface area (TPSA) is 67.9 Å². The molecule has 0 aliphatic carbocycles. The molecule has 0 radical (unpaired) electrons. The van der Waals surface area contributed by atoms with Gasteiger partial charge >= 0.3 is 0 Å². The zero-order valence-electron chi connectivity index (χ0n) is 21.2. The van der Waals surface area contributed by atoms with Crippen molar-refractivity contribution in [1.29, 1.82) is 0 Å². The van der Waals surface area contributed by atoms with Crippen molar-refractivity contribution >= 4 is 35.0 Å². The van der Waals surface area contributed by atoms with E-state index in [9.17, 15) is 9.59 Å². The number of nitrogens with one attached hydrogen (secondary N) is 1. The Bertz CT molecular complexity index is 1150. The molecule has 0 heterocycles. The predicted molar refractivity (Wildman–Crippen MR) is 147 cm³/mol. The largest absolute Gasteiger partial charge is 0.497 e. The van der Waals surface area contributed by atoms with Gasteiger partial charge in [-0.3, -0.25) is 9.59 Å². The highest BCUT2D eigenvalue weighted by Gasteiger charge is 2.32. The molecule has 3 aromatic carbocycles. The van der Waals surface area contributed by atoms with E-state index in [0.717, 1.165) is 12.0 Å². The number of amides is 2. The van der Waals surface area contributed by atoms with Crippen LogP contribution in [0.1, 0.15) is 31.4 Å². The molecule has 1 N–H and O–H groups in total. The molecule has 0 fully saturated rings. The van der Waals surface area contributed by atoms with Gasteiger partial charge in [-0.15, -0.1) is 0 Å². The molecule has 2 atom stereocenters. The van der Waals surface area contributed by atoms with Crippen molar-refractivity contribution in [2.75, 3.05) is 13.7 Å². The molecule has 0 saturated carbocycles. The van der Waals surface area contributed by atoms with Gasteiger partial charge in [0, 0.05) is 34.6 Å². The molecule has 0 saturated heterocycles. The average molecular weight is 543 g/mol. The molecule has 0 aliphatic heterocycles. The van der Waals surface area contributed by atoms with Crippen molar-refractivity contribution < 1.29 is 19.1 Å². The van der Waals surface area contributed by atoms with Crippen LogP contribution in [0.3, 0.4) is 0 Å². The number of benzene rings is 3. The Morgan fingerprint density at radius 1 is 0.919 bits per heavy atom. The average Bonchev–Trinajstić information content (AvgIpc) is 2.91. The van der Waals surface area contributed by atoms with Crippen molar-refractivity contribution in [3.63, 3.8) is 0 Å². The first kappa shape index (κ1) is 28.4. The Hall–Kier alpha value is -3.22. The summed E-state index contributed by atoms with van der Waals surface area (Å²) in [6.45, 7) is 3.71. The molecule has 3 rings (SSSR count). The third-order valence-electron chi connectivity index (χ3n) is 6.08. The van der Waals surface area contributed by atoms with E-state index in [1.165, 1.54) is 4.90 Å². The van der Waals surface area contributed by atoms with Crippen LogP contribution >= 0.6 is 23.2 Å². The van der Waals surface area contributed by atoms with Gasteiger partial charge in [-0.05, 0) is 55.3 Å². The maximum Gasteiger partial charge on any atom is 0.261 e. The van der Waals surface area contributed by atoms with Crippen LogP contribution in [0.4, 0.5) is 0 Å². The lowest BCUT2D eigenvalue weighted by atomic mass is 10.0. The van der Waals surface area contributed by atoms with Gasteiger partial charge in [0.2, 0.25) is 5.91 Å². The quantitative estimate of drug-likeness (QED) is 0.307. The van der Waals surface area contributed by atoms with E-state index in [1.54, 1.807) is 49.6 Å². The molecule has 37 heavy (non-hydrogen) atoms. The minimum atomic E-state index is -0.810. The number of hydrogen-bond donors (Lipinski definition) is 1. The van der Waals surface area contributed by atoms with Crippen LogP contribution in [0.5, 0.6) is 11.5 Å². The van der Waals surface area contributed by atoms with Crippen LogP contribution in [-0.2, 0) is 22.6 Å². The van der Waals surface area contributed by atoms with Crippen molar-refractivity contribution in [2.45, 2.75) is 45.3 Å². The molecule has 0 spiro atoms. The second-order valence-electron chi connectivity index (χ2n) is 8.71. The van der Waals surface area contributed by atoms with Gasteiger partial charge in [-0.25, -0.2) is 0 Å². The van der Waals surface area contributed by atoms with Gasteiger partial charge in [0.25, 0.3) is 5.91 Å². The van der Waals surface area contributed by atoms with Gasteiger partial charge in [0.05, 0.1) is 7.11 Å². The lowest BCUT2D eigenvalue weighted by Gasteiger charge is -2.32. The highest BCUT2D eigenvalue weighted by molar-refractivity contribution is 6.36. The fourth-order valence-electron chi connectivity index (χ4n) is 3.75. The molecule has 0 unspecified atom stereocenters. The zero-order chi connectivity index (χ0) is 26.8. The minimum absolute atomic E-state index is 0.0503. The van der Waals surface area contributed by atoms with Crippen molar-refractivity contribution in [1.82, 2.24) is 10.2 Å². The number of carbonyl (C=O) groups is 2. The molecular weight excluding hydrogens is 511 g/mol. The Labute approximate surface area is 228 Å². The summed E-state index contributed by atoms with van der Waals surface area (Å²) in [5.41, 5.74) is 1.49. The van der Waals surface area contributed by atoms with Gasteiger partial charge in [0.1, 0.15) is 17.5 Å². The molecule has 0 aromatic heterocycles. The molecule has 3 aromatic rings. The van der Waals surface area contributed by atoms with E-state index in [1.807, 2.05) is 44.2 Å². The maximum absolute atomic E-state index is 13.7. The van der Waals surface area contributed by atoms with Crippen LogP contribution in [0.15, 0.2) is 72.8 Å². The molecule has 6 nitrogen and oxygen atoms in total. The van der Waals surface area contributed by atoms with E-state index >= 15 is 0 Å². The lowest BCUT2D eigenvalue weighted by Crippen LogP contribution is -2.53. The molecule has 8 heteroatoms. The standard InChI is InChI=1S/C29H32Cl2N2O4/c1-4-20(2)32-29(35)27(17-21-9-6-5-7-10-21)33(18-24-25(30)11-8-12-26(24)31)28(34)19-37-23-15-13-22(36-3)14-16-23/h5-16,20,27H,4,17-19H2,1-3H3,(H,32,35)/t20-,27+/m0/s1. The minimum Gasteiger partial charge on any atom is -0.497 e. The number of halogens is 2. The Morgan fingerprint density at radius 3 is 2.14 bits per heavy atom. The summed E-state index contributed by atoms with van der Waals surface area (Å²) in [4.78, 5) is 28.7. The van der Waals surface area contributed by atoms with Crippen molar-refractivity contribution in [3.8, 4) is 11.5 Å². The second kappa shape index (κ2) is 13.9. The van der Waals surface area contributed by atoms with Gasteiger partial charge in [-0.1, -0.05) is 66.5 Å². The summed E-state index contributed by atoms with van der Waals surface area (Å²) in [5, 5.41) is 3.87. The van der Waals surface area contributed by atoms with E-state index in [2.05, 4.69) is 5.32 Å². The molecule has 2 amide bonds. The Balaban J connectivity index is 1.94. The second-order valence-corrected chi connectivity index (χ2v) is 9.52. The van der Waals surface area contributed by atoms with E-state index in [0.29, 0.717) is 33.5 Å².